The molecule has 0 amide bonds. The van der Waals surface area contributed by atoms with Crippen LogP contribution in [-0.2, 0) is 0 Å². The van der Waals surface area contributed by atoms with Crippen LogP contribution in [0.4, 0.5) is 4.39 Å². The maximum absolute atomic E-state index is 14.1. The minimum absolute atomic E-state index is 0.0949. The van der Waals surface area contributed by atoms with Gasteiger partial charge < -0.3 is 0 Å². The van der Waals surface area contributed by atoms with Crippen molar-refractivity contribution in [2.75, 3.05) is 0 Å². The smallest absolute Gasteiger partial charge is 0.155 e. The largest absolute Gasteiger partial charge is 0.229 e. The topological polar surface area (TPSA) is 30.2 Å². The van der Waals surface area contributed by atoms with Gasteiger partial charge in [-0.3, -0.25) is 0 Å². The van der Waals surface area contributed by atoms with Crippen molar-refractivity contribution in [1.29, 1.82) is 0 Å². The van der Waals surface area contributed by atoms with Crippen LogP contribution in [0.5, 0.6) is 0 Å². The standard InChI is InChI=1S/C21H16FN3/c22-19-8-7-15(13-18(19)14-5-6-14)16-3-1-2-4-17(16)20-10-12-25-21(24-20)9-11-23-25/h1-4,7-14H,5-6H2. The highest BCUT2D eigenvalue weighted by molar-refractivity contribution is 5.82. The van der Waals surface area contributed by atoms with Crippen molar-refractivity contribution in [1.82, 2.24) is 14.6 Å². The van der Waals surface area contributed by atoms with Crippen LogP contribution in [0.15, 0.2) is 67.0 Å². The van der Waals surface area contributed by atoms with Gasteiger partial charge in [0.2, 0.25) is 0 Å². The molecule has 0 saturated heterocycles. The van der Waals surface area contributed by atoms with Gasteiger partial charge in [0.05, 0.1) is 11.9 Å². The Kier molecular flexibility index (Phi) is 3.17. The minimum Gasteiger partial charge on any atom is -0.229 e. The molecule has 0 atom stereocenters. The molecule has 3 nitrogen and oxygen atoms in total. The molecule has 1 aliphatic carbocycles. The maximum atomic E-state index is 14.1. The molecule has 1 fully saturated rings. The summed E-state index contributed by atoms with van der Waals surface area (Å²) in [6.07, 6.45) is 5.82. The highest BCUT2D eigenvalue weighted by Crippen LogP contribution is 2.43. The lowest BCUT2D eigenvalue weighted by Crippen LogP contribution is -1.94. The Bertz CT molecular complexity index is 1080. The van der Waals surface area contributed by atoms with Crippen LogP contribution < -0.4 is 0 Å². The van der Waals surface area contributed by atoms with Crippen LogP contribution in [0, 0.1) is 5.82 Å². The molecule has 2 aromatic heterocycles. The summed E-state index contributed by atoms with van der Waals surface area (Å²) in [5, 5.41) is 4.19. The van der Waals surface area contributed by atoms with Gasteiger partial charge in [0, 0.05) is 17.8 Å². The van der Waals surface area contributed by atoms with Gasteiger partial charge in [-0.15, -0.1) is 0 Å². The Balaban J connectivity index is 1.66. The maximum Gasteiger partial charge on any atom is 0.155 e. The number of benzene rings is 2. The predicted octanol–water partition coefficient (Wildman–Crippen LogP) is 5.08. The first-order chi connectivity index (χ1) is 12.3. The Hall–Kier alpha value is -3.01. The summed E-state index contributed by atoms with van der Waals surface area (Å²) in [5.41, 5.74) is 5.69. The molecule has 2 heterocycles. The van der Waals surface area contributed by atoms with E-state index in [2.05, 4.69) is 17.2 Å². The number of halogens is 1. The van der Waals surface area contributed by atoms with Gasteiger partial charge in [0.15, 0.2) is 5.65 Å². The monoisotopic (exact) mass is 329 g/mol. The average molecular weight is 329 g/mol. The quantitative estimate of drug-likeness (QED) is 0.525. The fourth-order valence-electron chi connectivity index (χ4n) is 3.34. The second-order valence-corrected chi connectivity index (χ2v) is 6.50. The van der Waals surface area contributed by atoms with Gasteiger partial charge in [0.1, 0.15) is 5.82 Å². The van der Waals surface area contributed by atoms with E-state index in [-0.39, 0.29) is 5.82 Å². The van der Waals surface area contributed by atoms with E-state index >= 15 is 0 Å². The molecule has 0 unspecified atom stereocenters. The van der Waals surface area contributed by atoms with Gasteiger partial charge in [-0.1, -0.05) is 30.3 Å². The zero-order valence-electron chi connectivity index (χ0n) is 13.6. The van der Waals surface area contributed by atoms with E-state index in [1.165, 1.54) is 0 Å². The zero-order chi connectivity index (χ0) is 16.8. The number of hydrogen-bond acceptors (Lipinski definition) is 2. The van der Waals surface area contributed by atoms with E-state index in [4.69, 9.17) is 4.98 Å². The third-order valence-corrected chi connectivity index (χ3v) is 4.79. The number of hydrogen-bond donors (Lipinski definition) is 0. The van der Waals surface area contributed by atoms with Gasteiger partial charge in [-0.05, 0) is 53.6 Å². The second kappa shape index (κ2) is 5.52. The highest BCUT2D eigenvalue weighted by Gasteiger charge is 2.27. The molecule has 1 aliphatic rings. The van der Waals surface area contributed by atoms with Crippen LogP contribution in [-0.4, -0.2) is 14.6 Å². The summed E-state index contributed by atoms with van der Waals surface area (Å²) in [5.74, 6) is 0.288. The Morgan fingerprint density at radius 1 is 0.960 bits per heavy atom. The lowest BCUT2D eigenvalue weighted by molar-refractivity contribution is 0.611. The van der Waals surface area contributed by atoms with E-state index < -0.39 is 0 Å². The number of fused-ring (bicyclic) bond motifs is 1. The Morgan fingerprint density at radius 2 is 1.80 bits per heavy atom. The molecule has 0 radical (unpaired) electrons. The Morgan fingerprint density at radius 3 is 2.64 bits per heavy atom. The summed E-state index contributed by atoms with van der Waals surface area (Å²) < 4.78 is 15.9. The van der Waals surface area contributed by atoms with E-state index in [0.717, 1.165) is 46.4 Å². The second-order valence-electron chi connectivity index (χ2n) is 6.50. The summed E-state index contributed by atoms with van der Waals surface area (Å²) in [4.78, 5) is 4.71. The minimum atomic E-state index is -0.0949. The van der Waals surface area contributed by atoms with Crippen molar-refractivity contribution in [2.24, 2.45) is 0 Å². The van der Waals surface area contributed by atoms with Crippen LogP contribution >= 0.6 is 0 Å². The van der Waals surface area contributed by atoms with Gasteiger partial charge in [-0.2, -0.15) is 5.10 Å². The number of aromatic nitrogens is 3. The lowest BCUT2D eigenvalue weighted by atomic mass is 9.95. The zero-order valence-corrected chi connectivity index (χ0v) is 13.6. The molecule has 4 aromatic rings. The van der Waals surface area contributed by atoms with Crippen molar-refractivity contribution in [2.45, 2.75) is 18.8 Å². The first-order valence-electron chi connectivity index (χ1n) is 8.49. The predicted molar refractivity (Wildman–Crippen MR) is 95.8 cm³/mol. The van der Waals surface area contributed by atoms with Gasteiger partial charge in [0.25, 0.3) is 0 Å². The van der Waals surface area contributed by atoms with Crippen molar-refractivity contribution < 1.29 is 4.39 Å². The Labute approximate surface area is 144 Å². The van der Waals surface area contributed by atoms with Crippen LogP contribution in [0.3, 0.4) is 0 Å². The number of rotatable bonds is 3. The van der Waals surface area contributed by atoms with Crippen molar-refractivity contribution in [3.8, 4) is 22.4 Å². The molecule has 0 N–H and O–H groups in total. The number of nitrogens with zero attached hydrogens (tertiary/aromatic N) is 3. The lowest BCUT2D eigenvalue weighted by Gasteiger charge is -2.11. The molecule has 2 aromatic carbocycles. The van der Waals surface area contributed by atoms with Gasteiger partial charge >= 0.3 is 0 Å². The first-order valence-corrected chi connectivity index (χ1v) is 8.49. The first kappa shape index (κ1) is 14.3. The molecule has 122 valence electrons. The van der Waals surface area contributed by atoms with Crippen molar-refractivity contribution >= 4 is 5.65 Å². The van der Waals surface area contributed by atoms with Crippen LogP contribution in [0.25, 0.3) is 28.0 Å². The molecule has 0 bridgehead atoms. The fraction of sp³-hybridized carbons (Fsp3) is 0.143. The summed E-state index contributed by atoms with van der Waals surface area (Å²) in [6.45, 7) is 0. The van der Waals surface area contributed by atoms with Gasteiger partial charge in [-0.25, -0.2) is 13.9 Å². The van der Waals surface area contributed by atoms with E-state index in [9.17, 15) is 4.39 Å². The van der Waals surface area contributed by atoms with E-state index in [0.29, 0.717) is 5.92 Å². The SMILES string of the molecule is Fc1ccc(-c2ccccc2-c2ccn3nccc3n2)cc1C1CC1. The molecule has 0 spiro atoms. The normalized spacial score (nSPS) is 14.1. The summed E-state index contributed by atoms with van der Waals surface area (Å²) in [7, 11) is 0. The molecule has 4 heteroatoms. The van der Waals surface area contributed by atoms with Crippen molar-refractivity contribution in [3.05, 3.63) is 78.4 Å². The molecule has 0 aliphatic heterocycles. The third kappa shape index (κ3) is 2.50. The highest BCUT2D eigenvalue weighted by atomic mass is 19.1. The summed E-state index contributed by atoms with van der Waals surface area (Å²) in [6, 6.07) is 17.4. The molecule has 25 heavy (non-hydrogen) atoms. The fourth-order valence-corrected chi connectivity index (χ4v) is 3.34. The van der Waals surface area contributed by atoms with Crippen molar-refractivity contribution in [3.63, 3.8) is 0 Å². The molecule has 1 saturated carbocycles. The van der Waals surface area contributed by atoms with Crippen LogP contribution in [0.1, 0.15) is 24.3 Å². The molecular formula is C21H16FN3. The molecular weight excluding hydrogens is 313 g/mol. The van der Waals surface area contributed by atoms with E-state index in [1.54, 1.807) is 16.8 Å². The molecule has 5 rings (SSSR count). The average Bonchev–Trinajstić information content (AvgIpc) is 3.39. The summed E-state index contributed by atoms with van der Waals surface area (Å²) >= 11 is 0. The van der Waals surface area contributed by atoms with E-state index in [1.807, 2.05) is 42.6 Å². The van der Waals surface area contributed by atoms with Crippen LogP contribution in [0.2, 0.25) is 0 Å². The third-order valence-electron chi connectivity index (χ3n) is 4.79.